The van der Waals surface area contributed by atoms with Crippen molar-refractivity contribution in [3.05, 3.63) is 42.2 Å². The summed E-state index contributed by atoms with van der Waals surface area (Å²) in [5.74, 6) is 0.774. The molecule has 5 nitrogen and oxygen atoms in total. The molecule has 0 unspecified atom stereocenters. The Morgan fingerprint density at radius 2 is 2.00 bits per heavy atom. The van der Waals surface area contributed by atoms with E-state index < -0.39 is 0 Å². The van der Waals surface area contributed by atoms with Gasteiger partial charge >= 0.3 is 0 Å². The van der Waals surface area contributed by atoms with Crippen molar-refractivity contribution < 1.29 is 9.53 Å². The molecule has 0 spiro atoms. The van der Waals surface area contributed by atoms with Gasteiger partial charge in [0, 0.05) is 37.6 Å². The quantitative estimate of drug-likeness (QED) is 0.847. The molecule has 1 heterocycles. The van der Waals surface area contributed by atoms with Crippen molar-refractivity contribution in [1.82, 2.24) is 4.98 Å². The Morgan fingerprint density at radius 3 is 2.55 bits per heavy atom. The molecule has 1 N–H and O–H groups in total. The molecule has 2 rings (SSSR count). The van der Waals surface area contributed by atoms with Crippen molar-refractivity contribution >= 4 is 23.3 Å². The summed E-state index contributed by atoms with van der Waals surface area (Å²) < 4.78 is 5.29. The fraction of sp³-hybridized carbons (Fsp3) is 0.200. The second-order valence-electron chi connectivity index (χ2n) is 4.53. The summed E-state index contributed by atoms with van der Waals surface area (Å²) in [5, 5.41) is 3.24. The van der Waals surface area contributed by atoms with Crippen molar-refractivity contribution in [3.8, 4) is 5.75 Å². The molecule has 1 aromatic carbocycles. The minimum Gasteiger partial charge on any atom is -0.497 e. The fourth-order valence-corrected chi connectivity index (χ4v) is 1.75. The molecule has 20 heavy (non-hydrogen) atoms. The average molecular weight is 271 g/mol. The molecule has 1 aromatic heterocycles. The largest absolute Gasteiger partial charge is 0.497 e. The van der Waals surface area contributed by atoms with E-state index in [1.807, 2.05) is 43.3 Å². The number of ether oxygens (including phenoxy) is 1. The first-order valence-corrected chi connectivity index (χ1v) is 6.17. The fourth-order valence-electron chi connectivity index (χ4n) is 1.75. The predicted molar refractivity (Wildman–Crippen MR) is 80.2 cm³/mol. The van der Waals surface area contributed by atoms with Gasteiger partial charge in [0.2, 0.25) is 0 Å². The molecule has 104 valence electrons. The Hall–Kier alpha value is -2.56. The van der Waals surface area contributed by atoms with Gasteiger partial charge in [-0.2, -0.15) is 0 Å². The van der Waals surface area contributed by atoms with Gasteiger partial charge in [0.15, 0.2) is 6.29 Å². The lowest BCUT2D eigenvalue weighted by molar-refractivity contribution is 0.111. The van der Waals surface area contributed by atoms with E-state index >= 15 is 0 Å². The van der Waals surface area contributed by atoms with E-state index in [-0.39, 0.29) is 0 Å². The minimum atomic E-state index is 0.412. The van der Waals surface area contributed by atoms with E-state index in [0.29, 0.717) is 5.69 Å². The lowest BCUT2D eigenvalue weighted by Gasteiger charge is -2.16. The molecule has 0 aliphatic heterocycles. The number of anilines is 3. The smallest absolute Gasteiger partial charge is 0.168 e. The summed E-state index contributed by atoms with van der Waals surface area (Å²) in [4.78, 5) is 16.6. The topological polar surface area (TPSA) is 54.5 Å². The maximum absolute atomic E-state index is 10.6. The van der Waals surface area contributed by atoms with Crippen molar-refractivity contribution in [3.63, 3.8) is 0 Å². The van der Waals surface area contributed by atoms with E-state index in [2.05, 4.69) is 10.3 Å². The van der Waals surface area contributed by atoms with Gasteiger partial charge in [0.25, 0.3) is 0 Å². The number of rotatable bonds is 5. The normalized spacial score (nSPS) is 9.95. The zero-order chi connectivity index (χ0) is 14.5. The van der Waals surface area contributed by atoms with E-state index in [1.54, 1.807) is 19.4 Å². The predicted octanol–water partition coefficient (Wildman–Crippen LogP) is 2.71. The lowest BCUT2D eigenvalue weighted by Crippen LogP contribution is -2.09. The lowest BCUT2D eigenvalue weighted by atomic mass is 10.2. The summed E-state index contributed by atoms with van der Waals surface area (Å²) in [7, 11) is 5.58. The van der Waals surface area contributed by atoms with Gasteiger partial charge in [-0.25, -0.2) is 0 Å². The number of benzene rings is 1. The van der Waals surface area contributed by atoms with Crippen LogP contribution in [0.3, 0.4) is 0 Å². The van der Waals surface area contributed by atoms with Crippen LogP contribution < -0.4 is 15.0 Å². The van der Waals surface area contributed by atoms with Crippen LogP contribution >= 0.6 is 0 Å². The SMILES string of the molecule is COc1cc(Nc2ccc(C=O)nc2)cc(N(C)C)c1. The number of aromatic nitrogens is 1. The number of hydrogen-bond acceptors (Lipinski definition) is 5. The van der Waals surface area contributed by atoms with Crippen molar-refractivity contribution in [2.24, 2.45) is 0 Å². The number of hydrogen-bond donors (Lipinski definition) is 1. The van der Waals surface area contributed by atoms with Crippen LogP contribution in [-0.4, -0.2) is 32.5 Å². The minimum absolute atomic E-state index is 0.412. The monoisotopic (exact) mass is 271 g/mol. The Balaban J connectivity index is 2.27. The zero-order valence-electron chi connectivity index (χ0n) is 11.8. The second-order valence-corrected chi connectivity index (χ2v) is 4.53. The Kier molecular flexibility index (Phi) is 4.20. The third-order valence-electron chi connectivity index (χ3n) is 2.84. The zero-order valence-corrected chi connectivity index (χ0v) is 11.8. The van der Waals surface area contributed by atoms with Crippen LogP contribution in [0.1, 0.15) is 10.5 Å². The van der Waals surface area contributed by atoms with Gasteiger partial charge in [-0.05, 0) is 18.2 Å². The van der Waals surface area contributed by atoms with Gasteiger partial charge < -0.3 is 15.0 Å². The Bertz CT molecular complexity index is 595. The van der Waals surface area contributed by atoms with E-state index in [0.717, 1.165) is 29.1 Å². The standard InChI is InChI=1S/C15H17N3O2/c1-18(2)14-6-13(7-15(8-14)20-3)17-11-4-5-12(10-19)16-9-11/h4-10,17H,1-3H3. The molecule has 5 heteroatoms. The average Bonchev–Trinajstić information content (AvgIpc) is 2.47. The van der Waals surface area contributed by atoms with Crippen molar-refractivity contribution in [2.75, 3.05) is 31.4 Å². The number of methoxy groups -OCH3 is 1. The summed E-state index contributed by atoms with van der Waals surface area (Å²) >= 11 is 0. The number of nitrogens with one attached hydrogen (secondary N) is 1. The van der Waals surface area contributed by atoms with Crippen LogP contribution in [0.2, 0.25) is 0 Å². The molecule has 0 atom stereocenters. The van der Waals surface area contributed by atoms with Gasteiger partial charge in [-0.3, -0.25) is 9.78 Å². The van der Waals surface area contributed by atoms with E-state index in [9.17, 15) is 4.79 Å². The third-order valence-corrected chi connectivity index (χ3v) is 2.84. The molecule has 2 aromatic rings. The summed E-state index contributed by atoms with van der Waals surface area (Å²) in [6.07, 6.45) is 2.35. The molecule has 0 saturated heterocycles. The molecule has 0 bridgehead atoms. The molecular weight excluding hydrogens is 254 g/mol. The highest BCUT2D eigenvalue weighted by Gasteiger charge is 2.04. The number of pyridine rings is 1. The molecule has 0 fully saturated rings. The van der Waals surface area contributed by atoms with Crippen molar-refractivity contribution in [1.29, 1.82) is 0 Å². The van der Waals surface area contributed by atoms with Crippen LogP contribution in [0.15, 0.2) is 36.5 Å². The molecule has 0 saturated carbocycles. The first kappa shape index (κ1) is 13.9. The van der Waals surface area contributed by atoms with Crippen LogP contribution in [0.4, 0.5) is 17.1 Å². The van der Waals surface area contributed by atoms with Gasteiger partial charge in [0.1, 0.15) is 11.4 Å². The number of carbonyl (C=O) groups is 1. The Labute approximate surface area is 118 Å². The Morgan fingerprint density at radius 1 is 1.20 bits per heavy atom. The first-order chi connectivity index (χ1) is 9.62. The highest BCUT2D eigenvalue weighted by atomic mass is 16.5. The number of aldehydes is 1. The van der Waals surface area contributed by atoms with E-state index in [4.69, 9.17) is 4.74 Å². The second kappa shape index (κ2) is 6.06. The molecule has 0 aliphatic rings. The molecule has 0 amide bonds. The first-order valence-electron chi connectivity index (χ1n) is 6.17. The molecule has 0 radical (unpaired) electrons. The summed E-state index contributed by atoms with van der Waals surface area (Å²) in [6.45, 7) is 0. The van der Waals surface area contributed by atoms with E-state index in [1.165, 1.54) is 0 Å². The van der Waals surface area contributed by atoms with Gasteiger partial charge in [0.05, 0.1) is 19.0 Å². The number of carbonyl (C=O) groups excluding carboxylic acids is 1. The highest BCUT2D eigenvalue weighted by molar-refractivity contribution is 5.73. The molecule has 0 aliphatic carbocycles. The summed E-state index contributed by atoms with van der Waals surface area (Å²) in [5.41, 5.74) is 3.15. The molecular formula is C15H17N3O2. The van der Waals surface area contributed by atoms with Gasteiger partial charge in [-0.15, -0.1) is 0 Å². The van der Waals surface area contributed by atoms with Gasteiger partial charge in [-0.1, -0.05) is 0 Å². The highest BCUT2D eigenvalue weighted by Crippen LogP contribution is 2.27. The van der Waals surface area contributed by atoms with Crippen LogP contribution in [0.25, 0.3) is 0 Å². The maximum Gasteiger partial charge on any atom is 0.168 e. The van der Waals surface area contributed by atoms with Crippen LogP contribution in [0.5, 0.6) is 5.75 Å². The summed E-state index contributed by atoms with van der Waals surface area (Å²) in [6, 6.07) is 9.35. The maximum atomic E-state index is 10.6. The van der Waals surface area contributed by atoms with Crippen LogP contribution in [-0.2, 0) is 0 Å². The number of nitrogens with zero attached hydrogens (tertiary/aromatic N) is 2. The van der Waals surface area contributed by atoms with Crippen LogP contribution in [0, 0.1) is 0 Å². The third kappa shape index (κ3) is 3.26. The van der Waals surface area contributed by atoms with Crippen molar-refractivity contribution in [2.45, 2.75) is 0 Å².